The number of aromatic nitrogens is 1. The monoisotopic (exact) mass is 261 g/mol. The van der Waals surface area contributed by atoms with Gasteiger partial charge < -0.3 is 10.6 Å². The Hall–Kier alpha value is -1.74. The van der Waals surface area contributed by atoms with Gasteiger partial charge in [0.1, 0.15) is 0 Å². The molecule has 0 fully saturated rings. The Labute approximate surface area is 113 Å². The third-order valence-electron chi connectivity index (χ3n) is 3.23. The van der Waals surface area contributed by atoms with Crippen LogP contribution < -0.4 is 10.6 Å². The molecule has 1 aromatic carbocycles. The maximum Gasteiger partial charge on any atom is 0.0830 e. The molecule has 4 heteroatoms. The number of anilines is 3. The van der Waals surface area contributed by atoms with Crippen LogP contribution in [0.4, 0.5) is 17.1 Å². The van der Waals surface area contributed by atoms with E-state index in [9.17, 15) is 0 Å². The molecule has 0 spiro atoms. The molecular formula is C14H16ClN3. The van der Waals surface area contributed by atoms with Crippen LogP contribution in [0.2, 0.25) is 0 Å². The van der Waals surface area contributed by atoms with Crippen molar-refractivity contribution >= 4 is 29.5 Å². The van der Waals surface area contributed by atoms with Crippen molar-refractivity contribution in [2.45, 2.75) is 12.8 Å². The van der Waals surface area contributed by atoms with Gasteiger partial charge in [0.15, 0.2) is 0 Å². The quantitative estimate of drug-likeness (QED) is 0.857. The second kappa shape index (κ2) is 5.27. The molecule has 0 saturated heterocycles. The van der Waals surface area contributed by atoms with E-state index in [-0.39, 0.29) is 12.4 Å². The normalized spacial score (nSPS) is 13.7. The Morgan fingerprint density at radius 3 is 2.78 bits per heavy atom. The van der Waals surface area contributed by atoms with Crippen LogP contribution in [0, 0.1) is 0 Å². The molecule has 3 nitrogen and oxygen atoms in total. The van der Waals surface area contributed by atoms with E-state index >= 15 is 0 Å². The summed E-state index contributed by atoms with van der Waals surface area (Å²) >= 11 is 0. The molecule has 1 aromatic heterocycles. The highest BCUT2D eigenvalue weighted by Gasteiger charge is 2.19. The number of fused-ring (bicyclic) bond motifs is 1. The molecule has 1 aliphatic rings. The van der Waals surface area contributed by atoms with Crippen molar-refractivity contribution in [1.29, 1.82) is 0 Å². The van der Waals surface area contributed by atoms with Gasteiger partial charge in [-0.25, -0.2) is 0 Å². The number of nitrogen functional groups attached to an aromatic ring is 1. The van der Waals surface area contributed by atoms with Crippen molar-refractivity contribution in [2.75, 3.05) is 17.2 Å². The summed E-state index contributed by atoms with van der Waals surface area (Å²) in [7, 11) is 0. The molecule has 0 bridgehead atoms. The van der Waals surface area contributed by atoms with Crippen LogP contribution >= 0.6 is 12.4 Å². The molecule has 2 heterocycles. The van der Waals surface area contributed by atoms with E-state index in [2.05, 4.69) is 34.1 Å². The van der Waals surface area contributed by atoms with Crippen LogP contribution in [0.3, 0.4) is 0 Å². The molecule has 0 unspecified atom stereocenters. The predicted octanol–water partition coefficient (Wildman–Crippen LogP) is 3.17. The van der Waals surface area contributed by atoms with Gasteiger partial charge in [-0.15, -0.1) is 12.4 Å². The zero-order chi connectivity index (χ0) is 11.7. The van der Waals surface area contributed by atoms with Gasteiger partial charge in [0, 0.05) is 18.4 Å². The lowest BCUT2D eigenvalue weighted by molar-refractivity contribution is 0.766. The van der Waals surface area contributed by atoms with Gasteiger partial charge in [-0.05, 0) is 30.5 Å². The molecule has 0 aliphatic carbocycles. The number of para-hydroxylation sites is 1. The van der Waals surface area contributed by atoms with Crippen molar-refractivity contribution in [2.24, 2.45) is 0 Å². The van der Waals surface area contributed by atoms with Crippen molar-refractivity contribution in [1.82, 2.24) is 4.98 Å². The third-order valence-corrected chi connectivity index (χ3v) is 3.23. The Kier molecular flexibility index (Phi) is 3.72. The highest BCUT2D eigenvalue weighted by atomic mass is 35.5. The summed E-state index contributed by atoms with van der Waals surface area (Å²) in [5, 5.41) is 0. The largest absolute Gasteiger partial charge is 0.397 e. The minimum absolute atomic E-state index is 0. The van der Waals surface area contributed by atoms with Gasteiger partial charge >= 0.3 is 0 Å². The standard InChI is InChI=1S/C14H15N3.ClH/c15-12-7-8-16-10-14(12)17-9-3-5-11-4-1-2-6-13(11)17;/h1-2,4,6-8,10H,3,5,9H2,(H2,15,16);1H. The molecule has 0 saturated carbocycles. The SMILES string of the molecule is Cl.Nc1ccncc1N1CCCc2ccccc21. The van der Waals surface area contributed by atoms with E-state index in [1.54, 1.807) is 6.20 Å². The first-order chi connectivity index (χ1) is 8.36. The number of aryl methyl sites for hydroxylation is 1. The summed E-state index contributed by atoms with van der Waals surface area (Å²) in [4.78, 5) is 6.44. The maximum atomic E-state index is 6.03. The van der Waals surface area contributed by atoms with E-state index in [0.29, 0.717) is 0 Å². The maximum absolute atomic E-state index is 6.03. The van der Waals surface area contributed by atoms with E-state index in [1.807, 2.05) is 12.3 Å². The van der Waals surface area contributed by atoms with Gasteiger partial charge in [0.2, 0.25) is 0 Å². The summed E-state index contributed by atoms with van der Waals surface area (Å²) in [6.07, 6.45) is 5.88. The van der Waals surface area contributed by atoms with Crippen molar-refractivity contribution < 1.29 is 0 Å². The molecule has 0 amide bonds. The summed E-state index contributed by atoms with van der Waals surface area (Å²) < 4.78 is 0. The minimum Gasteiger partial charge on any atom is -0.397 e. The lowest BCUT2D eigenvalue weighted by Gasteiger charge is -2.31. The second-order valence-electron chi connectivity index (χ2n) is 4.32. The van der Waals surface area contributed by atoms with E-state index in [1.165, 1.54) is 11.3 Å². The smallest absolute Gasteiger partial charge is 0.0830 e. The lowest BCUT2D eigenvalue weighted by atomic mass is 10.0. The molecular weight excluding hydrogens is 246 g/mol. The molecule has 94 valence electrons. The van der Waals surface area contributed by atoms with Crippen LogP contribution in [0.5, 0.6) is 0 Å². The predicted molar refractivity (Wildman–Crippen MR) is 77.7 cm³/mol. The van der Waals surface area contributed by atoms with Crippen molar-refractivity contribution in [3.63, 3.8) is 0 Å². The third kappa shape index (κ3) is 2.14. The van der Waals surface area contributed by atoms with E-state index in [4.69, 9.17) is 5.73 Å². The number of benzene rings is 1. The number of nitrogens with zero attached hydrogens (tertiary/aromatic N) is 2. The Morgan fingerprint density at radius 2 is 1.94 bits per heavy atom. The van der Waals surface area contributed by atoms with Gasteiger partial charge in [-0.3, -0.25) is 4.98 Å². The molecule has 2 N–H and O–H groups in total. The average molecular weight is 262 g/mol. The molecule has 18 heavy (non-hydrogen) atoms. The average Bonchev–Trinajstić information content (AvgIpc) is 2.39. The Bertz CT molecular complexity index is 542. The number of nitrogens with two attached hydrogens (primary N) is 1. The van der Waals surface area contributed by atoms with Crippen LogP contribution in [-0.2, 0) is 6.42 Å². The summed E-state index contributed by atoms with van der Waals surface area (Å²) in [6, 6.07) is 10.4. The lowest BCUT2D eigenvalue weighted by Crippen LogP contribution is -2.25. The second-order valence-corrected chi connectivity index (χ2v) is 4.32. The highest BCUT2D eigenvalue weighted by molar-refractivity contribution is 5.85. The Balaban J connectivity index is 0.00000120. The van der Waals surface area contributed by atoms with Gasteiger partial charge in [-0.2, -0.15) is 0 Å². The van der Waals surface area contributed by atoms with Crippen LogP contribution in [0.25, 0.3) is 0 Å². The van der Waals surface area contributed by atoms with E-state index in [0.717, 1.165) is 30.8 Å². The number of rotatable bonds is 1. The highest BCUT2D eigenvalue weighted by Crippen LogP contribution is 2.35. The summed E-state index contributed by atoms with van der Waals surface area (Å²) in [5.74, 6) is 0. The number of pyridine rings is 1. The number of hydrogen-bond acceptors (Lipinski definition) is 3. The van der Waals surface area contributed by atoms with Gasteiger partial charge in [0.25, 0.3) is 0 Å². The van der Waals surface area contributed by atoms with E-state index < -0.39 is 0 Å². The van der Waals surface area contributed by atoms with Gasteiger partial charge in [-0.1, -0.05) is 18.2 Å². The summed E-state index contributed by atoms with van der Waals surface area (Å²) in [6.45, 7) is 1.01. The summed E-state index contributed by atoms with van der Waals surface area (Å²) in [5.41, 5.74) is 10.5. The topological polar surface area (TPSA) is 42.1 Å². The fraction of sp³-hybridized carbons (Fsp3) is 0.214. The van der Waals surface area contributed by atoms with Crippen LogP contribution in [-0.4, -0.2) is 11.5 Å². The molecule has 3 rings (SSSR count). The van der Waals surface area contributed by atoms with Crippen molar-refractivity contribution in [3.8, 4) is 0 Å². The number of hydrogen-bond donors (Lipinski definition) is 1. The fourth-order valence-corrected chi connectivity index (χ4v) is 2.41. The molecule has 0 radical (unpaired) electrons. The first-order valence-electron chi connectivity index (χ1n) is 5.91. The minimum atomic E-state index is 0. The first kappa shape index (κ1) is 12.7. The zero-order valence-corrected chi connectivity index (χ0v) is 10.9. The molecule has 1 aliphatic heterocycles. The van der Waals surface area contributed by atoms with Gasteiger partial charge in [0.05, 0.1) is 17.6 Å². The molecule has 0 atom stereocenters. The van der Waals surface area contributed by atoms with Crippen LogP contribution in [0.1, 0.15) is 12.0 Å². The zero-order valence-electron chi connectivity index (χ0n) is 10.0. The Morgan fingerprint density at radius 1 is 1.11 bits per heavy atom. The fourth-order valence-electron chi connectivity index (χ4n) is 2.41. The van der Waals surface area contributed by atoms with Crippen molar-refractivity contribution in [3.05, 3.63) is 48.3 Å². The molecule has 2 aromatic rings. The van der Waals surface area contributed by atoms with Crippen LogP contribution in [0.15, 0.2) is 42.7 Å². The number of halogens is 1. The first-order valence-corrected chi connectivity index (χ1v) is 5.91.